The van der Waals surface area contributed by atoms with Crippen molar-refractivity contribution in [1.29, 1.82) is 0 Å². The Morgan fingerprint density at radius 2 is 2.38 bits per heavy atom. The molecular weight excluding hydrogens is 208 g/mol. The van der Waals surface area contributed by atoms with Gasteiger partial charge in [-0.15, -0.1) is 0 Å². The van der Waals surface area contributed by atoms with E-state index in [4.69, 9.17) is 4.74 Å². The van der Waals surface area contributed by atoms with E-state index in [-0.39, 0.29) is 12.1 Å². The van der Waals surface area contributed by atoms with Crippen LogP contribution in [0.25, 0.3) is 0 Å². The molecule has 0 aromatic heterocycles. The Labute approximate surface area is 92.8 Å². The monoisotopic (exact) mass is 220 g/mol. The smallest absolute Gasteiger partial charge is 0.221 e. The first-order valence-electron chi connectivity index (χ1n) is 4.96. The van der Waals surface area contributed by atoms with Gasteiger partial charge in [0.1, 0.15) is 5.75 Å². The minimum atomic E-state index is -0.305. The van der Waals surface area contributed by atoms with E-state index in [1.165, 1.54) is 6.92 Å². The number of carbonyl (C=O) groups excluding carboxylic acids is 2. The summed E-state index contributed by atoms with van der Waals surface area (Å²) in [6.07, 6.45) is 0.923. The van der Waals surface area contributed by atoms with Gasteiger partial charge in [-0.2, -0.15) is 0 Å². The number of nitrogens with one attached hydrogen (secondary N) is 2. The maximum atomic E-state index is 10.9. The molecule has 1 aliphatic rings. The zero-order chi connectivity index (χ0) is 11.5. The van der Waals surface area contributed by atoms with Gasteiger partial charge in [0.2, 0.25) is 12.3 Å². The second-order valence-corrected chi connectivity index (χ2v) is 3.60. The SMILES string of the molecule is CC(=O)Nc1ccc2c(c1)CC(NC=O)O2. The number of ether oxygens (including phenoxy) is 1. The first kappa shape index (κ1) is 10.5. The van der Waals surface area contributed by atoms with E-state index in [0.29, 0.717) is 12.8 Å². The average Bonchev–Trinajstić information content (AvgIpc) is 2.59. The molecule has 1 unspecified atom stereocenters. The third-order valence-corrected chi connectivity index (χ3v) is 2.31. The minimum Gasteiger partial charge on any atom is -0.470 e. The molecule has 0 spiro atoms. The average molecular weight is 220 g/mol. The summed E-state index contributed by atoms with van der Waals surface area (Å²) in [5.74, 6) is 0.634. The van der Waals surface area contributed by atoms with Crippen molar-refractivity contribution in [2.45, 2.75) is 19.6 Å². The van der Waals surface area contributed by atoms with Gasteiger partial charge < -0.3 is 15.4 Å². The van der Waals surface area contributed by atoms with Crippen LogP contribution >= 0.6 is 0 Å². The summed E-state index contributed by atoms with van der Waals surface area (Å²) < 4.78 is 5.45. The fraction of sp³-hybridized carbons (Fsp3) is 0.273. The molecule has 1 aromatic rings. The standard InChI is InChI=1S/C11H12N2O3/c1-7(15)13-9-2-3-10-8(4-9)5-11(16-10)12-6-14/h2-4,6,11H,5H2,1H3,(H,12,14)(H,13,15). The van der Waals surface area contributed by atoms with E-state index in [1.54, 1.807) is 12.1 Å². The van der Waals surface area contributed by atoms with Gasteiger partial charge >= 0.3 is 0 Å². The van der Waals surface area contributed by atoms with Crippen LogP contribution in [0.4, 0.5) is 5.69 Å². The Bertz CT molecular complexity index is 431. The summed E-state index contributed by atoms with van der Waals surface area (Å²) in [7, 11) is 0. The van der Waals surface area contributed by atoms with Crippen LogP contribution in [0.3, 0.4) is 0 Å². The van der Waals surface area contributed by atoms with E-state index >= 15 is 0 Å². The van der Waals surface area contributed by atoms with E-state index in [2.05, 4.69) is 10.6 Å². The van der Waals surface area contributed by atoms with Gasteiger partial charge in [-0.3, -0.25) is 9.59 Å². The molecule has 0 saturated heterocycles. The summed E-state index contributed by atoms with van der Waals surface area (Å²) in [6.45, 7) is 1.46. The molecule has 2 rings (SSSR count). The Morgan fingerprint density at radius 1 is 1.56 bits per heavy atom. The zero-order valence-electron chi connectivity index (χ0n) is 8.82. The Balaban J connectivity index is 2.14. The van der Waals surface area contributed by atoms with Crippen LogP contribution in [0.15, 0.2) is 18.2 Å². The predicted molar refractivity (Wildman–Crippen MR) is 58.1 cm³/mol. The molecule has 0 aliphatic carbocycles. The lowest BCUT2D eigenvalue weighted by molar-refractivity contribution is -0.114. The van der Waals surface area contributed by atoms with E-state index in [0.717, 1.165) is 17.0 Å². The molecule has 1 atom stereocenters. The summed E-state index contributed by atoms with van der Waals surface area (Å²) in [5.41, 5.74) is 1.72. The highest BCUT2D eigenvalue weighted by molar-refractivity contribution is 5.88. The first-order chi connectivity index (χ1) is 7.69. The Hall–Kier alpha value is -2.04. The lowest BCUT2D eigenvalue weighted by Gasteiger charge is -2.07. The van der Waals surface area contributed by atoms with Gasteiger partial charge in [0.15, 0.2) is 6.23 Å². The zero-order valence-corrected chi connectivity index (χ0v) is 8.82. The van der Waals surface area contributed by atoms with Crippen LogP contribution in [0.5, 0.6) is 5.75 Å². The van der Waals surface area contributed by atoms with Crippen LogP contribution < -0.4 is 15.4 Å². The molecule has 0 bridgehead atoms. The lowest BCUT2D eigenvalue weighted by atomic mass is 10.1. The normalized spacial score (nSPS) is 17.2. The van der Waals surface area contributed by atoms with Crippen molar-refractivity contribution < 1.29 is 14.3 Å². The second-order valence-electron chi connectivity index (χ2n) is 3.60. The molecule has 2 amide bonds. The van der Waals surface area contributed by atoms with E-state index in [9.17, 15) is 9.59 Å². The molecule has 1 aliphatic heterocycles. The summed E-state index contributed by atoms with van der Waals surface area (Å²) in [6, 6.07) is 5.40. The number of amides is 2. The molecule has 5 heteroatoms. The van der Waals surface area contributed by atoms with Crippen molar-refractivity contribution in [3.8, 4) is 5.75 Å². The largest absolute Gasteiger partial charge is 0.470 e. The topological polar surface area (TPSA) is 67.4 Å². The molecule has 2 N–H and O–H groups in total. The van der Waals surface area contributed by atoms with Crippen LogP contribution in [-0.2, 0) is 16.0 Å². The summed E-state index contributed by atoms with van der Waals surface area (Å²) >= 11 is 0. The quantitative estimate of drug-likeness (QED) is 0.735. The Morgan fingerprint density at radius 3 is 3.06 bits per heavy atom. The third kappa shape index (κ3) is 2.13. The number of rotatable bonds is 3. The van der Waals surface area contributed by atoms with Crippen molar-refractivity contribution >= 4 is 18.0 Å². The second kappa shape index (κ2) is 4.22. The van der Waals surface area contributed by atoms with Gasteiger partial charge in [0.05, 0.1) is 0 Å². The first-order valence-corrected chi connectivity index (χ1v) is 4.96. The number of benzene rings is 1. The van der Waals surface area contributed by atoms with E-state index in [1.807, 2.05) is 6.07 Å². The van der Waals surface area contributed by atoms with Crippen molar-refractivity contribution in [3.63, 3.8) is 0 Å². The number of carbonyl (C=O) groups is 2. The molecule has 5 nitrogen and oxygen atoms in total. The minimum absolute atomic E-state index is 0.110. The number of fused-ring (bicyclic) bond motifs is 1. The van der Waals surface area contributed by atoms with Gasteiger partial charge in [0, 0.05) is 24.6 Å². The molecule has 0 saturated carbocycles. The molecule has 1 heterocycles. The third-order valence-electron chi connectivity index (χ3n) is 2.31. The van der Waals surface area contributed by atoms with Crippen LogP contribution in [0.1, 0.15) is 12.5 Å². The molecular formula is C11H12N2O3. The van der Waals surface area contributed by atoms with Crippen molar-refractivity contribution in [3.05, 3.63) is 23.8 Å². The van der Waals surface area contributed by atoms with Crippen LogP contribution in [0.2, 0.25) is 0 Å². The fourth-order valence-electron chi connectivity index (χ4n) is 1.70. The number of hydrogen-bond acceptors (Lipinski definition) is 3. The summed E-state index contributed by atoms with van der Waals surface area (Å²) in [4.78, 5) is 21.2. The molecule has 84 valence electrons. The predicted octanol–water partition coefficient (Wildman–Crippen LogP) is 0.652. The van der Waals surface area contributed by atoms with Crippen LogP contribution in [0, 0.1) is 0 Å². The highest BCUT2D eigenvalue weighted by Crippen LogP contribution is 2.30. The van der Waals surface area contributed by atoms with Gasteiger partial charge in [-0.05, 0) is 18.2 Å². The number of hydrogen-bond donors (Lipinski definition) is 2. The molecule has 1 aromatic carbocycles. The van der Waals surface area contributed by atoms with Crippen molar-refractivity contribution in [2.24, 2.45) is 0 Å². The van der Waals surface area contributed by atoms with Gasteiger partial charge in [-0.25, -0.2) is 0 Å². The van der Waals surface area contributed by atoms with Crippen molar-refractivity contribution in [1.82, 2.24) is 5.32 Å². The molecule has 0 radical (unpaired) electrons. The lowest BCUT2D eigenvalue weighted by Crippen LogP contribution is -2.31. The fourth-order valence-corrected chi connectivity index (χ4v) is 1.70. The maximum Gasteiger partial charge on any atom is 0.221 e. The van der Waals surface area contributed by atoms with E-state index < -0.39 is 0 Å². The van der Waals surface area contributed by atoms with Crippen molar-refractivity contribution in [2.75, 3.05) is 5.32 Å². The highest BCUT2D eigenvalue weighted by atomic mass is 16.5. The maximum absolute atomic E-state index is 10.9. The molecule has 16 heavy (non-hydrogen) atoms. The number of anilines is 1. The molecule has 0 fully saturated rings. The van der Waals surface area contributed by atoms with Gasteiger partial charge in [-0.1, -0.05) is 0 Å². The van der Waals surface area contributed by atoms with Gasteiger partial charge in [0.25, 0.3) is 0 Å². The summed E-state index contributed by atoms with van der Waals surface area (Å²) in [5, 5.41) is 5.26. The van der Waals surface area contributed by atoms with Crippen LogP contribution in [-0.4, -0.2) is 18.5 Å². The highest BCUT2D eigenvalue weighted by Gasteiger charge is 2.22. The Kier molecular flexibility index (Phi) is 2.76.